The smallest absolute Gasteiger partial charge is 0.130 e. The van der Waals surface area contributed by atoms with Crippen LogP contribution in [-0.4, -0.2) is 24.0 Å². The van der Waals surface area contributed by atoms with E-state index >= 15 is 0 Å². The van der Waals surface area contributed by atoms with Gasteiger partial charge >= 0.3 is 0 Å². The first-order chi connectivity index (χ1) is 8.72. The lowest BCUT2D eigenvalue weighted by molar-refractivity contribution is 0.210. The van der Waals surface area contributed by atoms with Gasteiger partial charge in [-0.1, -0.05) is 6.07 Å². The minimum Gasteiger partial charge on any atom is -0.330 e. The van der Waals surface area contributed by atoms with Crippen molar-refractivity contribution in [2.24, 2.45) is 11.7 Å². The lowest BCUT2D eigenvalue weighted by Crippen LogP contribution is -2.31. The molecular formula is C14H18F2N2. The van der Waals surface area contributed by atoms with E-state index in [2.05, 4.69) is 4.90 Å². The van der Waals surface area contributed by atoms with Gasteiger partial charge < -0.3 is 5.73 Å². The number of benzene rings is 1. The van der Waals surface area contributed by atoms with Crippen LogP contribution in [0.15, 0.2) is 18.2 Å². The first-order valence-corrected chi connectivity index (χ1v) is 6.62. The van der Waals surface area contributed by atoms with Crippen molar-refractivity contribution in [3.05, 3.63) is 35.4 Å². The van der Waals surface area contributed by atoms with Gasteiger partial charge in [-0.25, -0.2) is 8.78 Å². The Morgan fingerprint density at radius 3 is 2.39 bits per heavy atom. The van der Waals surface area contributed by atoms with Crippen LogP contribution in [-0.2, 0) is 0 Å². The maximum atomic E-state index is 14.0. The van der Waals surface area contributed by atoms with E-state index in [0.717, 1.165) is 25.8 Å². The molecule has 2 aliphatic rings. The average molecular weight is 252 g/mol. The highest BCUT2D eigenvalue weighted by atomic mass is 19.1. The van der Waals surface area contributed by atoms with Crippen LogP contribution in [0.25, 0.3) is 0 Å². The summed E-state index contributed by atoms with van der Waals surface area (Å²) in [6.07, 6.45) is 3.22. The summed E-state index contributed by atoms with van der Waals surface area (Å²) in [5.74, 6) is -0.714. The molecule has 1 saturated carbocycles. The fourth-order valence-corrected chi connectivity index (χ4v) is 3.14. The third kappa shape index (κ3) is 1.93. The summed E-state index contributed by atoms with van der Waals surface area (Å²) in [5, 5.41) is 0. The Hall–Kier alpha value is -1.00. The molecule has 1 aliphatic heterocycles. The predicted molar refractivity (Wildman–Crippen MR) is 66.0 cm³/mol. The fraction of sp³-hybridized carbons (Fsp3) is 0.571. The maximum Gasteiger partial charge on any atom is 0.130 e. The van der Waals surface area contributed by atoms with Crippen molar-refractivity contribution < 1.29 is 8.78 Å². The van der Waals surface area contributed by atoms with Crippen LogP contribution in [0, 0.1) is 17.6 Å². The highest BCUT2D eigenvalue weighted by Crippen LogP contribution is 2.45. The molecule has 2 N–H and O–H groups in total. The number of hydrogen-bond acceptors (Lipinski definition) is 2. The summed E-state index contributed by atoms with van der Waals surface area (Å²) >= 11 is 0. The van der Waals surface area contributed by atoms with Gasteiger partial charge in [0.25, 0.3) is 0 Å². The summed E-state index contributed by atoms with van der Waals surface area (Å²) in [5.41, 5.74) is 5.99. The Kier molecular flexibility index (Phi) is 3.08. The minimum atomic E-state index is -0.439. The Labute approximate surface area is 106 Å². The summed E-state index contributed by atoms with van der Waals surface area (Å²) < 4.78 is 27.9. The lowest BCUT2D eigenvalue weighted by Gasteiger charge is -2.28. The molecule has 4 heteroatoms. The van der Waals surface area contributed by atoms with E-state index in [0.29, 0.717) is 12.6 Å². The van der Waals surface area contributed by atoms with Crippen LogP contribution < -0.4 is 5.73 Å². The van der Waals surface area contributed by atoms with E-state index in [1.165, 1.54) is 18.2 Å². The average Bonchev–Trinajstić information content (AvgIpc) is 3.11. The minimum absolute atomic E-state index is 0.164. The molecule has 1 aliphatic carbocycles. The second kappa shape index (κ2) is 4.59. The van der Waals surface area contributed by atoms with Crippen molar-refractivity contribution in [3.8, 4) is 0 Å². The molecule has 98 valence electrons. The number of nitrogens with zero attached hydrogens (tertiary/aromatic N) is 1. The third-order valence-corrected chi connectivity index (χ3v) is 4.18. The van der Waals surface area contributed by atoms with Crippen molar-refractivity contribution in [2.45, 2.75) is 31.3 Å². The Bertz CT molecular complexity index is 425. The van der Waals surface area contributed by atoms with Gasteiger partial charge in [-0.05, 0) is 50.4 Å². The van der Waals surface area contributed by atoms with E-state index in [1.807, 2.05) is 0 Å². The fourth-order valence-electron chi connectivity index (χ4n) is 3.14. The summed E-state index contributed by atoms with van der Waals surface area (Å²) in [4.78, 5) is 2.25. The molecule has 0 bridgehead atoms. The molecule has 2 unspecified atom stereocenters. The second-order valence-electron chi connectivity index (χ2n) is 5.33. The normalized spacial score (nSPS) is 28.8. The number of hydrogen-bond donors (Lipinski definition) is 1. The van der Waals surface area contributed by atoms with Gasteiger partial charge in [-0.15, -0.1) is 0 Å². The van der Waals surface area contributed by atoms with E-state index in [1.54, 1.807) is 0 Å². The van der Waals surface area contributed by atoms with Crippen molar-refractivity contribution in [1.82, 2.24) is 4.90 Å². The molecule has 2 fully saturated rings. The molecule has 2 nitrogen and oxygen atoms in total. The Balaban J connectivity index is 2.00. The van der Waals surface area contributed by atoms with E-state index in [4.69, 9.17) is 5.73 Å². The molecule has 0 spiro atoms. The van der Waals surface area contributed by atoms with Crippen LogP contribution in [0.5, 0.6) is 0 Å². The molecule has 0 radical (unpaired) electrons. The third-order valence-electron chi connectivity index (χ3n) is 4.18. The maximum absolute atomic E-state index is 14.0. The molecule has 0 aromatic heterocycles. The molecule has 2 atom stereocenters. The predicted octanol–water partition coefficient (Wildman–Crippen LogP) is 2.45. The van der Waals surface area contributed by atoms with Crippen molar-refractivity contribution in [1.29, 1.82) is 0 Å². The molecule has 1 aromatic rings. The van der Waals surface area contributed by atoms with Crippen molar-refractivity contribution in [3.63, 3.8) is 0 Å². The van der Waals surface area contributed by atoms with Crippen LogP contribution in [0.2, 0.25) is 0 Å². The van der Waals surface area contributed by atoms with E-state index in [9.17, 15) is 8.78 Å². The zero-order valence-electron chi connectivity index (χ0n) is 10.3. The SMILES string of the molecule is NCC1CCN(C2CC2)C1c1c(F)cccc1F. The Morgan fingerprint density at radius 2 is 1.83 bits per heavy atom. The topological polar surface area (TPSA) is 29.3 Å². The zero-order valence-corrected chi connectivity index (χ0v) is 10.3. The van der Waals surface area contributed by atoms with Crippen LogP contribution >= 0.6 is 0 Å². The first kappa shape index (κ1) is 12.1. The van der Waals surface area contributed by atoms with E-state index < -0.39 is 11.6 Å². The largest absolute Gasteiger partial charge is 0.330 e. The first-order valence-electron chi connectivity index (χ1n) is 6.62. The van der Waals surface area contributed by atoms with Gasteiger partial charge in [-0.3, -0.25) is 4.90 Å². The quantitative estimate of drug-likeness (QED) is 0.895. The molecule has 1 saturated heterocycles. The zero-order chi connectivity index (χ0) is 12.7. The van der Waals surface area contributed by atoms with Gasteiger partial charge in [0, 0.05) is 17.6 Å². The van der Waals surface area contributed by atoms with Gasteiger partial charge in [0.1, 0.15) is 11.6 Å². The van der Waals surface area contributed by atoms with Crippen molar-refractivity contribution in [2.75, 3.05) is 13.1 Å². The monoisotopic (exact) mass is 252 g/mol. The second-order valence-corrected chi connectivity index (χ2v) is 5.33. The van der Waals surface area contributed by atoms with Gasteiger partial charge in [0.15, 0.2) is 0 Å². The van der Waals surface area contributed by atoms with Crippen LogP contribution in [0.1, 0.15) is 30.9 Å². The lowest BCUT2D eigenvalue weighted by atomic mass is 9.93. The molecule has 3 rings (SSSR count). The number of rotatable bonds is 3. The molecular weight excluding hydrogens is 234 g/mol. The van der Waals surface area contributed by atoms with Gasteiger partial charge in [0.05, 0.1) is 0 Å². The Morgan fingerprint density at radius 1 is 1.17 bits per heavy atom. The van der Waals surface area contributed by atoms with E-state index in [-0.39, 0.29) is 17.5 Å². The number of likely N-dealkylation sites (tertiary alicyclic amines) is 1. The summed E-state index contributed by atoms with van der Waals surface area (Å²) in [6.45, 7) is 1.40. The highest BCUT2D eigenvalue weighted by molar-refractivity contribution is 5.26. The van der Waals surface area contributed by atoms with Crippen molar-refractivity contribution >= 4 is 0 Å². The molecule has 0 amide bonds. The van der Waals surface area contributed by atoms with Crippen LogP contribution in [0.4, 0.5) is 8.78 Å². The molecule has 1 heterocycles. The summed E-state index contributed by atoms with van der Waals surface area (Å²) in [7, 11) is 0. The van der Waals surface area contributed by atoms with Gasteiger partial charge in [0.2, 0.25) is 0 Å². The van der Waals surface area contributed by atoms with Crippen LogP contribution in [0.3, 0.4) is 0 Å². The molecule has 1 aromatic carbocycles. The summed E-state index contributed by atoms with van der Waals surface area (Å²) in [6, 6.07) is 4.43. The molecule has 18 heavy (non-hydrogen) atoms. The number of halogens is 2. The highest BCUT2D eigenvalue weighted by Gasteiger charge is 2.43. The van der Waals surface area contributed by atoms with Gasteiger partial charge in [-0.2, -0.15) is 0 Å². The standard InChI is InChI=1S/C14H18F2N2/c15-11-2-1-3-12(16)13(11)14-9(8-17)6-7-18(14)10-4-5-10/h1-3,9-10,14H,4-8,17H2. The number of nitrogens with two attached hydrogens (primary N) is 1.